The average Bonchev–Trinajstić information content (AvgIpc) is 2.99. The second-order valence-electron chi connectivity index (χ2n) is 7.72. The minimum absolute atomic E-state index is 0.348. The molecule has 0 bridgehead atoms. The van der Waals surface area contributed by atoms with E-state index in [2.05, 4.69) is 26.7 Å². The lowest BCUT2D eigenvalue weighted by atomic mass is 10.0. The van der Waals surface area contributed by atoms with Gasteiger partial charge in [0.1, 0.15) is 11.6 Å². The van der Waals surface area contributed by atoms with Gasteiger partial charge in [0.2, 0.25) is 5.91 Å². The quantitative estimate of drug-likeness (QED) is 0.840. The lowest BCUT2D eigenvalue weighted by Gasteiger charge is -2.25. The van der Waals surface area contributed by atoms with Gasteiger partial charge in [-0.2, -0.15) is 0 Å². The van der Waals surface area contributed by atoms with Crippen molar-refractivity contribution in [3.8, 4) is 0 Å². The van der Waals surface area contributed by atoms with Gasteiger partial charge in [-0.25, -0.2) is 9.97 Å². The maximum atomic E-state index is 12.6. The Morgan fingerprint density at radius 2 is 1.76 bits per heavy atom. The number of hydrogen-bond acceptors (Lipinski definition) is 4. The Hall–Kier alpha value is -1.65. The summed E-state index contributed by atoms with van der Waals surface area (Å²) in [5, 5.41) is 0. The summed E-state index contributed by atoms with van der Waals surface area (Å²) in [4.78, 5) is 26.1. The van der Waals surface area contributed by atoms with Gasteiger partial charge >= 0.3 is 0 Å². The van der Waals surface area contributed by atoms with Crippen LogP contribution in [-0.2, 0) is 4.79 Å². The largest absolute Gasteiger partial charge is 0.354 e. The molecule has 1 aromatic rings. The molecule has 0 N–H and O–H groups in total. The highest BCUT2D eigenvalue weighted by atomic mass is 16.2. The minimum atomic E-state index is 0.348. The highest BCUT2D eigenvalue weighted by molar-refractivity contribution is 5.76. The molecule has 0 atom stereocenters. The molecule has 1 aromatic heterocycles. The maximum Gasteiger partial charge on any atom is 0.222 e. The van der Waals surface area contributed by atoms with Crippen molar-refractivity contribution in [3.05, 3.63) is 17.1 Å². The summed E-state index contributed by atoms with van der Waals surface area (Å²) >= 11 is 0. The van der Waals surface area contributed by atoms with Crippen molar-refractivity contribution < 1.29 is 4.79 Å². The van der Waals surface area contributed by atoms with Gasteiger partial charge in [0, 0.05) is 43.9 Å². The molecule has 5 nitrogen and oxygen atoms in total. The second kappa shape index (κ2) is 8.15. The van der Waals surface area contributed by atoms with Gasteiger partial charge < -0.3 is 9.80 Å². The van der Waals surface area contributed by atoms with Crippen LogP contribution in [0, 0.1) is 26.7 Å². The van der Waals surface area contributed by atoms with Crippen molar-refractivity contribution in [1.82, 2.24) is 14.9 Å². The molecule has 1 aliphatic heterocycles. The second-order valence-corrected chi connectivity index (χ2v) is 7.72. The standard InChI is InChI=1S/C20H32N4O/c1-15-16(2)21-17(3)22-20(15)24-12-6-11-23(13-14-24)19(25)10-9-18-7-4-5-8-18/h18H,4-14H2,1-3H3. The molecular weight excluding hydrogens is 312 g/mol. The van der Waals surface area contributed by atoms with E-state index in [1.165, 1.54) is 25.7 Å². The lowest BCUT2D eigenvalue weighted by molar-refractivity contribution is -0.131. The number of anilines is 1. The van der Waals surface area contributed by atoms with Crippen LogP contribution in [0.4, 0.5) is 5.82 Å². The Bertz CT molecular complexity index is 610. The highest BCUT2D eigenvalue weighted by Gasteiger charge is 2.23. The first-order valence-corrected chi connectivity index (χ1v) is 9.89. The number of rotatable bonds is 4. The van der Waals surface area contributed by atoms with E-state index in [9.17, 15) is 4.79 Å². The van der Waals surface area contributed by atoms with E-state index in [1.807, 2.05) is 13.8 Å². The van der Waals surface area contributed by atoms with Crippen LogP contribution in [-0.4, -0.2) is 47.0 Å². The number of hydrogen-bond donors (Lipinski definition) is 0. The topological polar surface area (TPSA) is 49.3 Å². The molecular formula is C20H32N4O. The summed E-state index contributed by atoms with van der Waals surface area (Å²) in [6.45, 7) is 9.61. The van der Waals surface area contributed by atoms with Crippen molar-refractivity contribution in [2.24, 2.45) is 5.92 Å². The van der Waals surface area contributed by atoms with Crippen LogP contribution < -0.4 is 4.90 Å². The fourth-order valence-corrected chi connectivity index (χ4v) is 4.22. The zero-order valence-corrected chi connectivity index (χ0v) is 16.1. The van der Waals surface area contributed by atoms with Crippen molar-refractivity contribution in [2.45, 2.75) is 65.7 Å². The van der Waals surface area contributed by atoms with E-state index < -0.39 is 0 Å². The van der Waals surface area contributed by atoms with E-state index >= 15 is 0 Å². The predicted octanol–water partition coefficient (Wildman–Crippen LogP) is 3.41. The number of carbonyl (C=O) groups is 1. The number of aryl methyl sites for hydroxylation is 2. The molecule has 0 aromatic carbocycles. The van der Waals surface area contributed by atoms with E-state index in [4.69, 9.17) is 0 Å². The Morgan fingerprint density at radius 3 is 2.52 bits per heavy atom. The lowest BCUT2D eigenvalue weighted by Crippen LogP contribution is -2.35. The molecule has 2 aliphatic rings. The minimum Gasteiger partial charge on any atom is -0.354 e. The fourth-order valence-electron chi connectivity index (χ4n) is 4.22. The van der Waals surface area contributed by atoms with E-state index in [0.717, 1.165) is 74.3 Å². The molecule has 2 fully saturated rings. The zero-order chi connectivity index (χ0) is 17.8. The van der Waals surface area contributed by atoms with Gasteiger partial charge in [-0.15, -0.1) is 0 Å². The zero-order valence-electron chi connectivity index (χ0n) is 16.1. The number of aromatic nitrogens is 2. The molecule has 1 amide bonds. The predicted molar refractivity (Wildman–Crippen MR) is 101 cm³/mol. The Labute approximate surface area is 151 Å². The van der Waals surface area contributed by atoms with Gasteiger partial charge in [0.05, 0.1) is 0 Å². The first kappa shape index (κ1) is 18.2. The number of amides is 1. The number of nitrogens with zero attached hydrogens (tertiary/aromatic N) is 4. The van der Waals surface area contributed by atoms with Crippen LogP contribution >= 0.6 is 0 Å². The van der Waals surface area contributed by atoms with Crippen molar-refractivity contribution in [2.75, 3.05) is 31.1 Å². The SMILES string of the molecule is Cc1nc(C)c(C)c(N2CCCN(C(=O)CCC3CCCC3)CC2)n1. The molecule has 2 heterocycles. The fraction of sp³-hybridized carbons (Fsp3) is 0.750. The van der Waals surface area contributed by atoms with E-state index in [0.29, 0.717) is 5.91 Å². The van der Waals surface area contributed by atoms with E-state index in [1.54, 1.807) is 0 Å². The Morgan fingerprint density at radius 1 is 1.00 bits per heavy atom. The van der Waals surface area contributed by atoms with Crippen LogP contribution in [0.3, 0.4) is 0 Å². The molecule has 3 rings (SSSR count). The smallest absolute Gasteiger partial charge is 0.222 e. The Balaban J connectivity index is 1.57. The summed E-state index contributed by atoms with van der Waals surface area (Å²) in [5.41, 5.74) is 2.21. The van der Waals surface area contributed by atoms with Crippen LogP contribution in [0.5, 0.6) is 0 Å². The summed E-state index contributed by atoms with van der Waals surface area (Å²) < 4.78 is 0. The third kappa shape index (κ3) is 4.50. The molecule has 5 heteroatoms. The molecule has 1 saturated heterocycles. The first-order chi connectivity index (χ1) is 12.0. The molecule has 1 aliphatic carbocycles. The molecule has 25 heavy (non-hydrogen) atoms. The van der Waals surface area contributed by atoms with Gasteiger partial charge in [-0.1, -0.05) is 25.7 Å². The van der Waals surface area contributed by atoms with Gasteiger partial charge in [-0.3, -0.25) is 4.79 Å². The third-order valence-corrected chi connectivity index (χ3v) is 5.86. The third-order valence-electron chi connectivity index (χ3n) is 5.86. The summed E-state index contributed by atoms with van der Waals surface area (Å²) in [6, 6.07) is 0. The summed E-state index contributed by atoms with van der Waals surface area (Å²) in [6.07, 6.45) is 8.19. The summed E-state index contributed by atoms with van der Waals surface area (Å²) in [7, 11) is 0. The van der Waals surface area contributed by atoms with Crippen LogP contribution in [0.1, 0.15) is 62.0 Å². The summed E-state index contributed by atoms with van der Waals surface area (Å²) in [5.74, 6) is 3.01. The van der Waals surface area contributed by atoms with E-state index in [-0.39, 0.29) is 0 Å². The molecule has 0 unspecified atom stereocenters. The Kier molecular flexibility index (Phi) is 5.92. The monoisotopic (exact) mass is 344 g/mol. The van der Waals surface area contributed by atoms with Crippen LogP contribution in [0.2, 0.25) is 0 Å². The van der Waals surface area contributed by atoms with Crippen molar-refractivity contribution >= 4 is 11.7 Å². The molecule has 138 valence electrons. The average molecular weight is 345 g/mol. The normalized spacial score (nSPS) is 19.3. The highest BCUT2D eigenvalue weighted by Crippen LogP contribution is 2.29. The maximum absolute atomic E-state index is 12.6. The van der Waals surface area contributed by atoms with Crippen molar-refractivity contribution in [3.63, 3.8) is 0 Å². The van der Waals surface area contributed by atoms with Crippen molar-refractivity contribution in [1.29, 1.82) is 0 Å². The number of carbonyl (C=O) groups excluding carboxylic acids is 1. The van der Waals surface area contributed by atoms with Gasteiger partial charge in [0.15, 0.2) is 0 Å². The molecule has 1 saturated carbocycles. The van der Waals surface area contributed by atoms with Crippen LogP contribution in [0.15, 0.2) is 0 Å². The molecule has 0 spiro atoms. The van der Waals surface area contributed by atoms with Crippen LogP contribution in [0.25, 0.3) is 0 Å². The first-order valence-electron chi connectivity index (χ1n) is 9.89. The molecule has 0 radical (unpaired) electrons. The van der Waals surface area contributed by atoms with Gasteiger partial charge in [-0.05, 0) is 39.5 Å². The van der Waals surface area contributed by atoms with Gasteiger partial charge in [0.25, 0.3) is 0 Å².